The van der Waals surface area contributed by atoms with Gasteiger partial charge in [-0.25, -0.2) is 4.79 Å². The smallest absolute Gasteiger partial charge is 0.308 e. The van der Waals surface area contributed by atoms with Crippen molar-refractivity contribution in [2.75, 3.05) is 10.6 Å². The third-order valence-corrected chi connectivity index (χ3v) is 4.41. The van der Waals surface area contributed by atoms with Crippen LogP contribution in [0.25, 0.3) is 11.1 Å². The minimum atomic E-state index is -0.274. The molecule has 24 heavy (non-hydrogen) atoms. The quantitative estimate of drug-likeness (QED) is 0.495. The van der Waals surface area contributed by atoms with Gasteiger partial charge in [0.2, 0.25) is 0 Å². The molecule has 4 heteroatoms. The van der Waals surface area contributed by atoms with Crippen molar-refractivity contribution in [3.05, 3.63) is 82.9 Å². The topological polar surface area (TPSA) is 41.1 Å². The van der Waals surface area contributed by atoms with Crippen LogP contribution in [0.1, 0.15) is 11.1 Å². The molecule has 118 valence electrons. The van der Waals surface area contributed by atoms with Gasteiger partial charge < -0.3 is 10.6 Å². The maximum Gasteiger partial charge on any atom is 0.323 e. The molecule has 0 unspecified atom stereocenters. The number of anilines is 2. The van der Waals surface area contributed by atoms with Crippen LogP contribution in [0.4, 0.5) is 16.2 Å². The van der Waals surface area contributed by atoms with Crippen molar-refractivity contribution in [2.45, 2.75) is 6.42 Å². The fourth-order valence-corrected chi connectivity index (χ4v) is 3.15. The van der Waals surface area contributed by atoms with Crippen molar-refractivity contribution in [2.24, 2.45) is 0 Å². The SMILES string of the molecule is O=C(Nc1ccc(Cl)cc1)Nc1ccc2c(c1)-c1ccccc1C2. The molecule has 1 aliphatic carbocycles. The van der Waals surface area contributed by atoms with E-state index in [0.717, 1.165) is 12.1 Å². The summed E-state index contributed by atoms with van der Waals surface area (Å²) in [5.74, 6) is 0. The van der Waals surface area contributed by atoms with Crippen molar-refractivity contribution in [3.63, 3.8) is 0 Å². The highest BCUT2D eigenvalue weighted by molar-refractivity contribution is 6.30. The van der Waals surface area contributed by atoms with Gasteiger partial charge in [0.05, 0.1) is 0 Å². The first-order chi connectivity index (χ1) is 11.7. The minimum absolute atomic E-state index is 0.274. The van der Waals surface area contributed by atoms with Crippen molar-refractivity contribution in [1.29, 1.82) is 0 Å². The largest absolute Gasteiger partial charge is 0.323 e. The Balaban J connectivity index is 1.52. The predicted octanol–water partition coefficient (Wildman–Crippen LogP) is 5.56. The standard InChI is InChI=1S/C20H15ClN2O/c21-15-6-9-16(10-7-15)22-20(24)23-17-8-5-14-11-13-3-1-2-4-18(13)19(14)12-17/h1-10,12H,11H2,(H2,22,23,24). The van der Waals surface area contributed by atoms with Crippen LogP contribution >= 0.6 is 11.6 Å². The normalized spacial score (nSPS) is 11.5. The number of amides is 2. The molecule has 3 nitrogen and oxygen atoms in total. The van der Waals surface area contributed by atoms with E-state index >= 15 is 0 Å². The fourth-order valence-electron chi connectivity index (χ4n) is 3.03. The highest BCUT2D eigenvalue weighted by atomic mass is 35.5. The number of hydrogen-bond acceptors (Lipinski definition) is 1. The van der Waals surface area contributed by atoms with Gasteiger partial charge in [0, 0.05) is 16.4 Å². The van der Waals surface area contributed by atoms with Crippen molar-refractivity contribution in [1.82, 2.24) is 0 Å². The summed E-state index contributed by atoms with van der Waals surface area (Å²) in [5, 5.41) is 6.32. The molecule has 0 aromatic heterocycles. The van der Waals surface area contributed by atoms with Crippen LogP contribution in [-0.2, 0) is 6.42 Å². The van der Waals surface area contributed by atoms with E-state index in [1.54, 1.807) is 24.3 Å². The summed E-state index contributed by atoms with van der Waals surface area (Å²) in [6.45, 7) is 0. The van der Waals surface area contributed by atoms with E-state index < -0.39 is 0 Å². The van der Waals surface area contributed by atoms with Gasteiger partial charge in [0.15, 0.2) is 0 Å². The first kappa shape index (κ1) is 14.8. The average Bonchev–Trinajstić information content (AvgIpc) is 2.95. The van der Waals surface area contributed by atoms with Gasteiger partial charge in [-0.05, 0) is 65.1 Å². The van der Waals surface area contributed by atoms with Crippen molar-refractivity contribution < 1.29 is 4.79 Å². The van der Waals surface area contributed by atoms with E-state index in [0.29, 0.717) is 10.7 Å². The summed E-state index contributed by atoms with van der Waals surface area (Å²) in [6.07, 6.45) is 0.947. The zero-order chi connectivity index (χ0) is 16.5. The number of nitrogens with one attached hydrogen (secondary N) is 2. The molecule has 4 rings (SSSR count). The van der Waals surface area contributed by atoms with E-state index in [1.807, 2.05) is 18.2 Å². The van der Waals surface area contributed by atoms with Gasteiger partial charge in [-0.2, -0.15) is 0 Å². The second-order valence-corrected chi connectivity index (χ2v) is 6.23. The monoisotopic (exact) mass is 334 g/mol. The molecule has 2 N–H and O–H groups in total. The molecule has 1 aliphatic rings. The molecule has 0 aliphatic heterocycles. The Morgan fingerprint density at radius 1 is 0.792 bits per heavy atom. The van der Waals surface area contributed by atoms with E-state index in [4.69, 9.17) is 11.6 Å². The first-order valence-corrected chi connectivity index (χ1v) is 8.11. The highest BCUT2D eigenvalue weighted by Gasteiger charge is 2.18. The Kier molecular flexibility index (Phi) is 3.71. The first-order valence-electron chi connectivity index (χ1n) is 7.74. The lowest BCUT2D eigenvalue weighted by Crippen LogP contribution is -2.19. The number of carbonyl (C=O) groups excluding carboxylic acids is 1. The summed E-state index contributed by atoms with van der Waals surface area (Å²) in [5.41, 5.74) is 6.53. The summed E-state index contributed by atoms with van der Waals surface area (Å²) >= 11 is 5.85. The Morgan fingerprint density at radius 2 is 1.46 bits per heavy atom. The van der Waals surface area contributed by atoms with Crippen LogP contribution in [0.2, 0.25) is 5.02 Å². The molecule has 2 amide bonds. The van der Waals surface area contributed by atoms with Gasteiger partial charge in [-0.3, -0.25) is 0 Å². The van der Waals surface area contributed by atoms with Crippen LogP contribution in [0, 0.1) is 0 Å². The number of hydrogen-bond donors (Lipinski definition) is 2. The third-order valence-electron chi connectivity index (χ3n) is 4.16. The lowest BCUT2D eigenvalue weighted by Gasteiger charge is -2.09. The zero-order valence-electron chi connectivity index (χ0n) is 12.8. The number of carbonyl (C=O) groups is 1. The Labute approximate surface area is 145 Å². The lowest BCUT2D eigenvalue weighted by molar-refractivity contribution is 0.262. The van der Waals surface area contributed by atoms with Crippen molar-refractivity contribution in [3.8, 4) is 11.1 Å². The minimum Gasteiger partial charge on any atom is -0.308 e. The molecule has 0 saturated carbocycles. The number of benzene rings is 3. The second kappa shape index (κ2) is 6.02. The van der Waals surface area contributed by atoms with Gasteiger partial charge in [-0.1, -0.05) is 41.9 Å². The van der Waals surface area contributed by atoms with Crippen LogP contribution in [-0.4, -0.2) is 6.03 Å². The van der Waals surface area contributed by atoms with Gasteiger partial charge in [0.1, 0.15) is 0 Å². The Bertz CT molecular complexity index is 919. The molecular formula is C20H15ClN2O. The third kappa shape index (κ3) is 2.86. The summed E-state index contributed by atoms with van der Waals surface area (Å²) in [7, 11) is 0. The summed E-state index contributed by atoms with van der Waals surface area (Å²) < 4.78 is 0. The van der Waals surface area contributed by atoms with E-state index in [2.05, 4.69) is 34.9 Å². The van der Waals surface area contributed by atoms with Crippen LogP contribution in [0.5, 0.6) is 0 Å². The Hall–Kier alpha value is -2.78. The number of rotatable bonds is 2. The number of urea groups is 1. The molecule has 3 aromatic rings. The maximum absolute atomic E-state index is 12.2. The molecular weight excluding hydrogens is 320 g/mol. The van der Waals surface area contributed by atoms with Gasteiger partial charge >= 0.3 is 6.03 Å². The van der Waals surface area contributed by atoms with E-state index in [9.17, 15) is 4.79 Å². The van der Waals surface area contributed by atoms with Crippen LogP contribution in [0.15, 0.2) is 66.7 Å². The molecule has 0 spiro atoms. The summed E-state index contributed by atoms with van der Waals surface area (Å²) in [6, 6.07) is 21.2. The van der Waals surface area contributed by atoms with Crippen LogP contribution < -0.4 is 10.6 Å². The molecule has 0 radical (unpaired) electrons. The summed E-state index contributed by atoms with van der Waals surface area (Å²) in [4.78, 5) is 12.2. The molecule has 0 atom stereocenters. The zero-order valence-corrected chi connectivity index (χ0v) is 13.6. The number of fused-ring (bicyclic) bond motifs is 3. The van der Waals surface area contributed by atoms with Crippen molar-refractivity contribution >= 4 is 29.0 Å². The average molecular weight is 335 g/mol. The van der Waals surface area contributed by atoms with Gasteiger partial charge in [0.25, 0.3) is 0 Å². The lowest BCUT2D eigenvalue weighted by atomic mass is 10.1. The van der Waals surface area contributed by atoms with Gasteiger partial charge in [-0.15, -0.1) is 0 Å². The molecule has 3 aromatic carbocycles. The molecule has 0 fully saturated rings. The molecule has 0 saturated heterocycles. The Morgan fingerprint density at radius 3 is 2.29 bits per heavy atom. The maximum atomic E-state index is 12.2. The van der Waals surface area contributed by atoms with E-state index in [1.165, 1.54) is 22.3 Å². The fraction of sp³-hybridized carbons (Fsp3) is 0.0500. The molecule has 0 bridgehead atoms. The molecule has 0 heterocycles. The second-order valence-electron chi connectivity index (χ2n) is 5.79. The number of halogens is 1. The van der Waals surface area contributed by atoms with E-state index in [-0.39, 0.29) is 6.03 Å². The predicted molar refractivity (Wildman–Crippen MR) is 98.8 cm³/mol. The highest BCUT2D eigenvalue weighted by Crippen LogP contribution is 2.37. The van der Waals surface area contributed by atoms with Crippen LogP contribution in [0.3, 0.4) is 0 Å².